The molecule has 96 valence electrons. The minimum absolute atomic E-state index is 0.0284. The zero-order valence-corrected chi connectivity index (χ0v) is 10.4. The molecule has 1 saturated heterocycles. The Morgan fingerprint density at radius 2 is 2.17 bits per heavy atom. The highest BCUT2D eigenvalue weighted by molar-refractivity contribution is 5.88. The summed E-state index contributed by atoms with van der Waals surface area (Å²) in [6.07, 6.45) is 0.938. The third kappa shape index (κ3) is 2.08. The van der Waals surface area contributed by atoms with Crippen molar-refractivity contribution in [3.8, 4) is 0 Å². The SMILES string of the molecule is O=C(C1CNc2ccccc21)N1CCCOCC1. The fourth-order valence-corrected chi connectivity index (χ4v) is 2.69. The first-order valence-corrected chi connectivity index (χ1v) is 6.55. The zero-order valence-electron chi connectivity index (χ0n) is 10.4. The van der Waals surface area contributed by atoms with Crippen LogP contribution in [0.5, 0.6) is 0 Å². The second-order valence-electron chi connectivity index (χ2n) is 4.81. The highest BCUT2D eigenvalue weighted by Crippen LogP contribution is 2.32. The Morgan fingerprint density at radius 3 is 3.11 bits per heavy atom. The molecule has 1 amide bonds. The summed E-state index contributed by atoms with van der Waals surface area (Å²) < 4.78 is 5.40. The van der Waals surface area contributed by atoms with Gasteiger partial charge in [0, 0.05) is 31.9 Å². The highest BCUT2D eigenvalue weighted by Gasteiger charge is 2.31. The molecule has 2 aliphatic rings. The van der Waals surface area contributed by atoms with E-state index >= 15 is 0 Å². The van der Waals surface area contributed by atoms with Crippen LogP contribution < -0.4 is 5.32 Å². The quantitative estimate of drug-likeness (QED) is 0.815. The van der Waals surface area contributed by atoms with Crippen LogP contribution in [0.25, 0.3) is 0 Å². The van der Waals surface area contributed by atoms with E-state index in [2.05, 4.69) is 5.32 Å². The molecule has 0 bridgehead atoms. The van der Waals surface area contributed by atoms with E-state index < -0.39 is 0 Å². The molecule has 4 nitrogen and oxygen atoms in total. The molecule has 4 heteroatoms. The maximum absolute atomic E-state index is 12.5. The summed E-state index contributed by atoms with van der Waals surface area (Å²) in [5.74, 6) is 0.206. The Morgan fingerprint density at radius 1 is 1.28 bits per heavy atom. The molecule has 0 aromatic heterocycles. The van der Waals surface area contributed by atoms with Crippen molar-refractivity contribution in [1.29, 1.82) is 0 Å². The van der Waals surface area contributed by atoms with Crippen molar-refractivity contribution in [3.05, 3.63) is 29.8 Å². The Bertz CT molecular complexity index is 439. The average molecular weight is 246 g/mol. The molecule has 1 aromatic carbocycles. The monoisotopic (exact) mass is 246 g/mol. The van der Waals surface area contributed by atoms with Crippen LogP contribution in [0.15, 0.2) is 24.3 Å². The van der Waals surface area contributed by atoms with Gasteiger partial charge in [0.05, 0.1) is 12.5 Å². The largest absolute Gasteiger partial charge is 0.384 e. The van der Waals surface area contributed by atoms with Crippen LogP contribution in [0.3, 0.4) is 0 Å². The molecule has 0 radical (unpaired) electrons. The van der Waals surface area contributed by atoms with Crippen LogP contribution in [0.4, 0.5) is 5.69 Å². The Labute approximate surface area is 107 Å². The minimum Gasteiger partial charge on any atom is -0.384 e. The standard InChI is InChI=1S/C14H18N2O2/c17-14(16-6-3-8-18-9-7-16)12-10-15-13-5-2-1-4-11(12)13/h1-2,4-5,12,15H,3,6-10H2. The number of nitrogens with one attached hydrogen (secondary N) is 1. The van der Waals surface area contributed by atoms with Crippen molar-refractivity contribution >= 4 is 11.6 Å². The van der Waals surface area contributed by atoms with Crippen LogP contribution >= 0.6 is 0 Å². The van der Waals surface area contributed by atoms with Gasteiger partial charge in [-0.25, -0.2) is 0 Å². The maximum Gasteiger partial charge on any atom is 0.232 e. The van der Waals surface area contributed by atoms with E-state index in [4.69, 9.17) is 4.74 Å². The number of ether oxygens (including phenoxy) is 1. The van der Waals surface area contributed by atoms with Gasteiger partial charge in [-0.05, 0) is 18.1 Å². The molecule has 1 aromatic rings. The molecule has 3 rings (SSSR count). The van der Waals surface area contributed by atoms with Crippen LogP contribution in [0.2, 0.25) is 0 Å². The molecule has 0 spiro atoms. The number of anilines is 1. The number of nitrogens with zero attached hydrogens (tertiary/aromatic N) is 1. The smallest absolute Gasteiger partial charge is 0.232 e. The predicted octanol–water partition coefficient (Wildman–Crippen LogP) is 1.44. The first kappa shape index (κ1) is 11.5. The summed E-state index contributed by atoms with van der Waals surface area (Å²) in [5, 5.41) is 3.31. The Hall–Kier alpha value is -1.55. The highest BCUT2D eigenvalue weighted by atomic mass is 16.5. The van der Waals surface area contributed by atoms with Gasteiger partial charge in [-0.15, -0.1) is 0 Å². The molecule has 18 heavy (non-hydrogen) atoms. The van der Waals surface area contributed by atoms with E-state index in [1.54, 1.807) is 0 Å². The number of hydrogen-bond donors (Lipinski definition) is 1. The summed E-state index contributed by atoms with van der Waals surface area (Å²) in [6.45, 7) is 3.68. The van der Waals surface area contributed by atoms with Gasteiger partial charge in [0.2, 0.25) is 5.91 Å². The van der Waals surface area contributed by atoms with Crippen molar-refractivity contribution in [2.75, 3.05) is 38.2 Å². The van der Waals surface area contributed by atoms with Crippen LogP contribution in [0.1, 0.15) is 17.9 Å². The van der Waals surface area contributed by atoms with Gasteiger partial charge in [0.15, 0.2) is 0 Å². The number of para-hydroxylation sites is 1. The zero-order chi connectivity index (χ0) is 12.4. The van der Waals surface area contributed by atoms with Crippen LogP contribution in [0, 0.1) is 0 Å². The van der Waals surface area contributed by atoms with E-state index in [0.29, 0.717) is 6.61 Å². The summed E-state index contributed by atoms with van der Waals surface area (Å²) in [4.78, 5) is 14.5. The summed E-state index contributed by atoms with van der Waals surface area (Å²) in [5.41, 5.74) is 2.23. The molecular formula is C14H18N2O2. The van der Waals surface area contributed by atoms with E-state index in [1.807, 2.05) is 29.2 Å². The number of rotatable bonds is 1. The summed E-state index contributed by atoms with van der Waals surface area (Å²) in [6, 6.07) is 8.08. The van der Waals surface area contributed by atoms with Crippen LogP contribution in [-0.4, -0.2) is 43.7 Å². The maximum atomic E-state index is 12.5. The van der Waals surface area contributed by atoms with Gasteiger partial charge >= 0.3 is 0 Å². The Kier molecular flexibility index (Phi) is 3.19. The van der Waals surface area contributed by atoms with E-state index in [0.717, 1.165) is 43.9 Å². The number of benzene rings is 1. The minimum atomic E-state index is -0.0284. The molecule has 0 aliphatic carbocycles. The lowest BCUT2D eigenvalue weighted by atomic mass is 10.00. The fourth-order valence-electron chi connectivity index (χ4n) is 2.69. The van der Waals surface area contributed by atoms with E-state index in [-0.39, 0.29) is 11.8 Å². The number of amides is 1. The third-order valence-electron chi connectivity index (χ3n) is 3.66. The molecule has 2 heterocycles. The van der Waals surface area contributed by atoms with Crippen molar-refractivity contribution in [2.24, 2.45) is 0 Å². The molecule has 1 unspecified atom stereocenters. The summed E-state index contributed by atoms with van der Waals surface area (Å²) >= 11 is 0. The number of carbonyl (C=O) groups is 1. The van der Waals surface area contributed by atoms with E-state index in [9.17, 15) is 4.79 Å². The number of fused-ring (bicyclic) bond motifs is 1. The number of carbonyl (C=O) groups excluding carboxylic acids is 1. The molecule has 2 aliphatic heterocycles. The topological polar surface area (TPSA) is 41.6 Å². The average Bonchev–Trinajstić information content (AvgIpc) is 2.65. The second-order valence-corrected chi connectivity index (χ2v) is 4.81. The normalized spacial score (nSPS) is 23.1. The van der Waals surface area contributed by atoms with Crippen molar-refractivity contribution < 1.29 is 9.53 Å². The van der Waals surface area contributed by atoms with Crippen molar-refractivity contribution in [3.63, 3.8) is 0 Å². The van der Waals surface area contributed by atoms with Gasteiger partial charge in [0.25, 0.3) is 0 Å². The second kappa shape index (κ2) is 4.98. The molecule has 0 saturated carbocycles. The Balaban J connectivity index is 1.77. The predicted molar refractivity (Wildman–Crippen MR) is 69.7 cm³/mol. The lowest BCUT2D eigenvalue weighted by molar-refractivity contribution is -0.132. The van der Waals surface area contributed by atoms with Crippen molar-refractivity contribution in [1.82, 2.24) is 4.90 Å². The van der Waals surface area contributed by atoms with E-state index in [1.165, 1.54) is 0 Å². The molecule has 1 N–H and O–H groups in total. The third-order valence-corrected chi connectivity index (χ3v) is 3.66. The fraction of sp³-hybridized carbons (Fsp3) is 0.500. The van der Waals surface area contributed by atoms with Gasteiger partial charge in [0.1, 0.15) is 0 Å². The van der Waals surface area contributed by atoms with Gasteiger partial charge in [-0.2, -0.15) is 0 Å². The first-order valence-electron chi connectivity index (χ1n) is 6.55. The molecular weight excluding hydrogens is 228 g/mol. The van der Waals surface area contributed by atoms with Gasteiger partial charge in [-0.1, -0.05) is 18.2 Å². The van der Waals surface area contributed by atoms with Crippen LogP contribution in [-0.2, 0) is 9.53 Å². The molecule has 1 atom stereocenters. The molecule has 1 fully saturated rings. The van der Waals surface area contributed by atoms with Gasteiger partial charge < -0.3 is 15.0 Å². The first-order chi connectivity index (χ1) is 8.86. The van der Waals surface area contributed by atoms with Gasteiger partial charge in [-0.3, -0.25) is 4.79 Å². The summed E-state index contributed by atoms with van der Waals surface area (Å²) in [7, 11) is 0. The lowest BCUT2D eigenvalue weighted by Gasteiger charge is -2.23. The lowest BCUT2D eigenvalue weighted by Crippen LogP contribution is -2.37. The van der Waals surface area contributed by atoms with Crippen molar-refractivity contribution in [2.45, 2.75) is 12.3 Å². The number of hydrogen-bond acceptors (Lipinski definition) is 3.